The Hall–Kier alpha value is -0.960. The van der Waals surface area contributed by atoms with Gasteiger partial charge in [0.05, 0.1) is 11.7 Å². The van der Waals surface area contributed by atoms with E-state index in [4.69, 9.17) is 0 Å². The van der Waals surface area contributed by atoms with Crippen molar-refractivity contribution in [3.05, 3.63) is 35.4 Å². The Labute approximate surface area is 107 Å². The molecule has 1 aliphatic rings. The minimum atomic E-state index is -1.03. The third kappa shape index (κ3) is 2.72. The molecular weight excluding hydrogens is 234 g/mol. The van der Waals surface area contributed by atoms with E-state index < -0.39 is 17.7 Å². The van der Waals surface area contributed by atoms with Crippen LogP contribution < -0.4 is 0 Å². The van der Waals surface area contributed by atoms with E-state index in [1.807, 2.05) is 0 Å². The fourth-order valence-electron chi connectivity index (χ4n) is 3.30. The minimum Gasteiger partial charge on any atom is -0.388 e. The standard InChI is InChI=1S/C15H20F2O/c1-9-6-10(2)8-11(7-9)15(18)14-12(16)4-3-5-13(14)17/h3-5,9-11,15,18H,6-8H2,1-2H3. The Balaban J connectivity index is 2.22. The van der Waals surface area contributed by atoms with Crippen molar-refractivity contribution in [1.29, 1.82) is 0 Å². The molecule has 1 aromatic carbocycles. The van der Waals surface area contributed by atoms with Gasteiger partial charge < -0.3 is 5.11 Å². The molecule has 2 rings (SSSR count). The van der Waals surface area contributed by atoms with Gasteiger partial charge in [0.15, 0.2) is 0 Å². The van der Waals surface area contributed by atoms with Gasteiger partial charge in [-0.2, -0.15) is 0 Å². The van der Waals surface area contributed by atoms with Crippen LogP contribution in [0.4, 0.5) is 8.78 Å². The van der Waals surface area contributed by atoms with Gasteiger partial charge in [0.25, 0.3) is 0 Å². The summed E-state index contributed by atoms with van der Waals surface area (Å²) in [7, 11) is 0. The van der Waals surface area contributed by atoms with Crippen LogP contribution in [0.3, 0.4) is 0 Å². The number of benzene rings is 1. The second-order valence-electron chi connectivity index (χ2n) is 5.76. The van der Waals surface area contributed by atoms with Crippen LogP contribution in [-0.4, -0.2) is 5.11 Å². The summed E-state index contributed by atoms with van der Waals surface area (Å²) >= 11 is 0. The molecule has 1 fully saturated rings. The molecule has 0 spiro atoms. The number of aliphatic hydroxyl groups is 1. The molecule has 18 heavy (non-hydrogen) atoms. The molecule has 0 saturated heterocycles. The minimum absolute atomic E-state index is 0.0462. The molecule has 3 heteroatoms. The number of aliphatic hydroxyl groups excluding tert-OH is 1. The van der Waals surface area contributed by atoms with Crippen LogP contribution in [0, 0.1) is 29.4 Å². The zero-order chi connectivity index (χ0) is 13.3. The summed E-state index contributed by atoms with van der Waals surface area (Å²) in [5, 5.41) is 10.3. The Bertz CT molecular complexity index is 389. The second kappa shape index (κ2) is 5.35. The Morgan fingerprint density at radius 3 is 2.06 bits per heavy atom. The maximum Gasteiger partial charge on any atom is 0.131 e. The third-order valence-electron chi connectivity index (χ3n) is 3.96. The number of hydrogen-bond acceptors (Lipinski definition) is 1. The molecule has 1 aromatic rings. The highest BCUT2D eigenvalue weighted by molar-refractivity contribution is 5.22. The third-order valence-corrected chi connectivity index (χ3v) is 3.96. The lowest BCUT2D eigenvalue weighted by Crippen LogP contribution is -2.25. The Kier molecular flexibility index (Phi) is 4.00. The van der Waals surface area contributed by atoms with Crippen molar-refractivity contribution in [2.45, 2.75) is 39.2 Å². The fourth-order valence-corrected chi connectivity index (χ4v) is 3.30. The number of halogens is 2. The van der Waals surface area contributed by atoms with E-state index >= 15 is 0 Å². The van der Waals surface area contributed by atoms with Crippen molar-refractivity contribution >= 4 is 0 Å². The van der Waals surface area contributed by atoms with Crippen molar-refractivity contribution in [3.63, 3.8) is 0 Å². The quantitative estimate of drug-likeness (QED) is 0.843. The van der Waals surface area contributed by atoms with E-state index in [1.165, 1.54) is 18.2 Å². The zero-order valence-corrected chi connectivity index (χ0v) is 10.9. The first-order chi connectivity index (χ1) is 8.49. The first-order valence-corrected chi connectivity index (χ1v) is 6.61. The molecule has 1 N–H and O–H groups in total. The Morgan fingerprint density at radius 2 is 1.56 bits per heavy atom. The van der Waals surface area contributed by atoms with Crippen LogP contribution in [0.5, 0.6) is 0 Å². The lowest BCUT2D eigenvalue weighted by atomic mass is 9.73. The van der Waals surface area contributed by atoms with Gasteiger partial charge >= 0.3 is 0 Å². The first kappa shape index (κ1) is 13.5. The van der Waals surface area contributed by atoms with E-state index in [0.29, 0.717) is 11.8 Å². The molecule has 1 nitrogen and oxygen atoms in total. The molecular formula is C15H20F2O. The van der Waals surface area contributed by atoms with E-state index in [9.17, 15) is 13.9 Å². The average Bonchev–Trinajstić information content (AvgIpc) is 2.27. The summed E-state index contributed by atoms with van der Waals surface area (Å²) < 4.78 is 27.3. The zero-order valence-electron chi connectivity index (χ0n) is 10.9. The molecule has 0 aliphatic heterocycles. The van der Waals surface area contributed by atoms with Crippen molar-refractivity contribution in [3.8, 4) is 0 Å². The molecule has 100 valence electrons. The number of rotatable bonds is 2. The summed E-state index contributed by atoms with van der Waals surface area (Å²) in [5.74, 6) is -0.330. The van der Waals surface area contributed by atoms with Crippen molar-refractivity contribution in [1.82, 2.24) is 0 Å². The lowest BCUT2D eigenvalue weighted by Gasteiger charge is -2.34. The maximum atomic E-state index is 13.7. The lowest BCUT2D eigenvalue weighted by molar-refractivity contribution is 0.0499. The van der Waals surface area contributed by atoms with E-state index in [0.717, 1.165) is 19.3 Å². The van der Waals surface area contributed by atoms with E-state index in [1.54, 1.807) is 0 Å². The van der Waals surface area contributed by atoms with Crippen LogP contribution in [0.15, 0.2) is 18.2 Å². The van der Waals surface area contributed by atoms with Crippen molar-refractivity contribution < 1.29 is 13.9 Å². The van der Waals surface area contributed by atoms with Gasteiger partial charge in [0.1, 0.15) is 11.6 Å². The summed E-state index contributed by atoms with van der Waals surface area (Å²) in [6.45, 7) is 4.26. The van der Waals surface area contributed by atoms with Gasteiger partial charge in [0.2, 0.25) is 0 Å². The van der Waals surface area contributed by atoms with Gasteiger partial charge in [-0.05, 0) is 49.1 Å². The number of hydrogen-bond donors (Lipinski definition) is 1. The molecule has 3 unspecified atom stereocenters. The smallest absolute Gasteiger partial charge is 0.131 e. The topological polar surface area (TPSA) is 20.2 Å². The maximum absolute atomic E-state index is 13.7. The molecule has 1 aliphatic carbocycles. The predicted molar refractivity (Wildman–Crippen MR) is 67.0 cm³/mol. The normalized spacial score (nSPS) is 30.2. The molecule has 0 aromatic heterocycles. The molecule has 0 amide bonds. The van der Waals surface area contributed by atoms with Gasteiger partial charge in [-0.1, -0.05) is 19.9 Å². The van der Waals surface area contributed by atoms with Crippen LogP contribution in [-0.2, 0) is 0 Å². The van der Waals surface area contributed by atoms with Crippen LogP contribution in [0.2, 0.25) is 0 Å². The molecule has 0 radical (unpaired) electrons. The molecule has 3 atom stereocenters. The second-order valence-corrected chi connectivity index (χ2v) is 5.76. The van der Waals surface area contributed by atoms with Crippen LogP contribution in [0.25, 0.3) is 0 Å². The molecule has 1 saturated carbocycles. The van der Waals surface area contributed by atoms with E-state index in [-0.39, 0.29) is 11.5 Å². The summed E-state index contributed by atoms with van der Waals surface area (Å²) in [4.78, 5) is 0. The molecule has 0 heterocycles. The highest BCUT2D eigenvalue weighted by Crippen LogP contribution is 2.40. The first-order valence-electron chi connectivity index (χ1n) is 6.61. The monoisotopic (exact) mass is 254 g/mol. The Morgan fingerprint density at radius 1 is 1.06 bits per heavy atom. The molecule has 0 bridgehead atoms. The summed E-state index contributed by atoms with van der Waals surface area (Å²) in [6, 6.07) is 3.74. The van der Waals surface area contributed by atoms with Crippen molar-refractivity contribution in [2.24, 2.45) is 17.8 Å². The van der Waals surface area contributed by atoms with Crippen molar-refractivity contribution in [2.75, 3.05) is 0 Å². The van der Waals surface area contributed by atoms with Crippen LogP contribution in [0.1, 0.15) is 44.8 Å². The SMILES string of the molecule is CC1CC(C)CC(C(O)c2c(F)cccc2F)C1. The van der Waals surface area contributed by atoms with Gasteiger partial charge in [-0.3, -0.25) is 0 Å². The van der Waals surface area contributed by atoms with E-state index in [2.05, 4.69) is 13.8 Å². The fraction of sp³-hybridized carbons (Fsp3) is 0.600. The van der Waals surface area contributed by atoms with Gasteiger partial charge in [-0.15, -0.1) is 0 Å². The van der Waals surface area contributed by atoms with Crippen LogP contribution >= 0.6 is 0 Å². The summed E-state index contributed by atoms with van der Waals surface area (Å²) in [6.07, 6.45) is 1.76. The highest BCUT2D eigenvalue weighted by Gasteiger charge is 2.32. The van der Waals surface area contributed by atoms with Gasteiger partial charge in [0, 0.05) is 0 Å². The largest absolute Gasteiger partial charge is 0.388 e. The average molecular weight is 254 g/mol. The summed E-state index contributed by atoms with van der Waals surface area (Å²) in [5.41, 5.74) is -0.163. The van der Waals surface area contributed by atoms with Gasteiger partial charge in [-0.25, -0.2) is 8.78 Å². The highest BCUT2D eigenvalue weighted by atomic mass is 19.1. The predicted octanol–water partition coefficient (Wildman–Crippen LogP) is 4.07.